The van der Waals surface area contributed by atoms with Gasteiger partial charge in [-0.1, -0.05) is 15.9 Å². The first-order valence-corrected chi connectivity index (χ1v) is 5.25. The highest BCUT2D eigenvalue weighted by Crippen LogP contribution is 2.17. The summed E-state index contributed by atoms with van der Waals surface area (Å²) in [4.78, 5) is 9.83. The van der Waals surface area contributed by atoms with E-state index in [4.69, 9.17) is 0 Å². The standard InChI is InChI=1S/C9H9BrFNO2/c10-3-1-2-7-4-8(11)6-9(5-7)12(13)14/h4-6H,1-3H2. The lowest BCUT2D eigenvalue weighted by Gasteiger charge is -1.99. The smallest absolute Gasteiger partial charge is 0.258 e. The molecule has 0 spiro atoms. The van der Waals surface area contributed by atoms with E-state index in [0.29, 0.717) is 12.0 Å². The van der Waals surface area contributed by atoms with Gasteiger partial charge in [0.05, 0.1) is 11.0 Å². The fourth-order valence-corrected chi connectivity index (χ4v) is 1.43. The molecular weight excluding hydrogens is 253 g/mol. The van der Waals surface area contributed by atoms with Crippen molar-refractivity contribution in [2.24, 2.45) is 0 Å². The summed E-state index contributed by atoms with van der Waals surface area (Å²) in [5.41, 5.74) is 0.478. The Morgan fingerprint density at radius 1 is 1.43 bits per heavy atom. The molecule has 0 aromatic heterocycles. The molecule has 1 aromatic rings. The van der Waals surface area contributed by atoms with Crippen molar-refractivity contribution in [2.75, 3.05) is 5.33 Å². The molecule has 76 valence electrons. The summed E-state index contributed by atoms with van der Waals surface area (Å²) < 4.78 is 12.9. The zero-order valence-corrected chi connectivity index (χ0v) is 8.96. The molecule has 0 unspecified atom stereocenters. The second kappa shape index (κ2) is 5.05. The molecule has 0 radical (unpaired) electrons. The number of benzene rings is 1. The van der Waals surface area contributed by atoms with E-state index in [1.165, 1.54) is 12.1 Å². The minimum atomic E-state index is -0.583. The van der Waals surface area contributed by atoms with Crippen molar-refractivity contribution in [2.45, 2.75) is 12.8 Å². The minimum absolute atomic E-state index is 0.186. The van der Waals surface area contributed by atoms with Crippen molar-refractivity contribution in [3.05, 3.63) is 39.7 Å². The van der Waals surface area contributed by atoms with Crippen molar-refractivity contribution in [1.82, 2.24) is 0 Å². The molecule has 0 aliphatic carbocycles. The number of aryl methyl sites for hydroxylation is 1. The van der Waals surface area contributed by atoms with Crippen LogP contribution in [0.15, 0.2) is 18.2 Å². The van der Waals surface area contributed by atoms with E-state index in [0.717, 1.165) is 17.8 Å². The first-order chi connectivity index (χ1) is 6.63. The quantitative estimate of drug-likeness (QED) is 0.475. The van der Waals surface area contributed by atoms with Crippen molar-refractivity contribution in [1.29, 1.82) is 0 Å². The zero-order valence-electron chi connectivity index (χ0n) is 7.37. The summed E-state index contributed by atoms with van der Waals surface area (Å²) in [6.07, 6.45) is 1.48. The van der Waals surface area contributed by atoms with E-state index >= 15 is 0 Å². The Morgan fingerprint density at radius 3 is 2.71 bits per heavy atom. The summed E-state index contributed by atoms with van der Waals surface area (Å²) in [6.45, 7) is 0. The van der Waals surface area contributed by atoms with Crippen LogP contribution >= 0.6 is 15.9 Å². The van der Waals surface area contributed by atoms with Gasteiger partial charge in [0.15, 0.2) is 0 Å². The Morgan fingerprint density at radius 2 is 2.14 bits per heavy atom. The Kier molecular flexibility index (Phi) is 4.00. The van der Waals surface area contributed by atoms with Crippen LogP contribution in [0.3, 0.4) is 0 Å². The number of nitro benzene ring substituents is 1. The third-order valence-electron chi connectivity index (χ3n) is 1.75. The molecule has 0 heterocycles. The van der Waals surface area contributed by atoms with Gasteiger partial charge in [-0.3, -0.25) is 10.1 Å². The summed E-state index contributed by atoms with van der Waals surface area (Å²) in [5, 5.41) is 11.2. The molecule has 0 bridgehead atoms. The lowest BCUT2D eigenvalue weighted by Crippen LogP contribution is -1.93. The van der Waals surface area contributed by atoms with E-state index < -0.39 is 10.7 Å². The third kappa shape index (κ3) is 3.06. The fraction of sp³-hybridized carbons (Fsp3) is 0.333. The molecule has 0 amide bonds. The van der Waals surface area contributed by atoms with Gasteiger partial charge in [0.25, 0.3) is 5.69 Å². The van der Waals surface area contributed by atoms with Crippen LogP contribution in [0.2, 0.25) is 0 Å². The Balaban J connectivity index is 2.89. The van der Waals surface area contributed by atoms with Crippen LogP contribution < -0.4 is 0 Å². The molecule has 0 atom stereocenters. The lowest BCUT2D eigenvalue weighted by molar-refractivity contribution is -0.385. The van der Waals surface area contributed by atoms with Crippen molar-refractivity contribution >= 4 is 21.6 Å². The van der Waals surface area contributed by atoms with Crippen molar-refractivity contribution in [3.63, 3.8) is 0 Å². The van der Waals surface area contributed by atoms with E-state index in [-0.39, 0.29) is 5.69 Å². The van der Waals surface area contributed by atoms with Gasteiger partial charge in [0.2, 0.25) is 0 Å². The average Bonchev–Trinajstić information content (AvgIpc) is 2.14. The fourth-order valence-electron chi connectivity index (χ4n) is 1.15. The van der Waals surface area contributed by atoms with Crippen LogP contribution in [-0.4, -0.2) is 10.3 Å². The number of rotatable bonds is 4. The first kappa shape index (κ1) is 11.1. The monoisotopic (exact) mass is 261 g/mol. The number of nitrogens with zero attached hydrogens (tertiary/aromatic N) is 1. The molecule has 3 nitrogen and oxygen atoms in total. The van der Waals surface area contributed by atoms with Crippen LogP contribution in [0.5, 0.6) is 0 Å². The van der Waals surface area contributed by atoms with Crippen LogP contribution in [0, 0.1) is 15.9 Å². The van der Waals surface area contributed by atoms with Gasteiger partial charge in [-0.25, -0.2) is 4.39 Å². The predicted octanol–water partition coefficient (Wildman–Crippen LogP) is 3.06. The van der Waals surface area contributed by atoms with E-state index in [1.54, 1.807) is 0 Å². The molecule has 14 heavy (non-hydrogen) atoms. The SMILES string of the molecule is O=[N+]([O-])c1cc(F)cc(CCCBr)c1. The maximum Gasteiger partial charge on any atom is 0.272 e. The topological polar surface area (TPSA) is 43.1 Å². The number of hydrogen-bond donors (Lipinski definition) is 0. The molecule has 0 aliphatic heterocycles. The lowest BCUT2D eigenvalue weighted by atomic mass is 10.1. The van der Waals surface area contributed by atoms with Gasteiger partial charge in [0.1, 0.15) is 5.82 Å². The van der Waals surface area contributed by atoms with Gasteiger partial charge in [-0.05, 0) is 24.5 Å². The van der Waals surface area contributed by atoms with Gasteiger partial charge in [-0.15, -0.1) is 0 Å². The molecule has 0 fully saturated rings. The van der Waals surface area contributed by atoms with Crippen LogP contribution in [0.4, 0.5) is 10.1 Å². The highest BCUT2D eigenvalue weighted by Gasteiger charge is 2.09. The van der Waals surface area contributed by atoms with Crippen LogP contribution in [0.25, 0.3) is 0 Å². The average molecular weight is 262 g/mol. The van der Waals surface area contributed by atoms with Gasteiger partial charge in [-0.2, -0.15) is 0 Å². The highest BCUT2D eigenvalue weighted by atomic mass is 79.9. The minimum Gasteiger partial charge on any atom is -0.258 e. The molecule has 0 saturated carbocycles. The van der Waals surface area contributed by atoms with Crippen LogP contribution in [-0.2, 0) is 6.42 Å². The molecule has 1 rings (SSSR count). The van der Waals surface area contributed by atoms with Crippen LogP contribution in [0.1, 0.15) is 12.0 Å². The maximum absolute atomic E-state index is 12.9. The number of alkyl halides is 1. The summed E-state index contributed by atoms with van der Waals surface area (Å²) >= 11 is 3.25. The second-order valence-electron chi connectivity index (χ2n) is 2.87. The normalized spacial score (nSPS) is 10.1. The first-order valence-electron chi connectivity index (χ1n) is 4.13. The van der Waals surface area contributed by atoms with Crippen molar-refractivity contribution in [3.8, 4) is 0 Å². The molecular formula is C9H9BrFNO2. The molecule has 0 aliphatic rings. The Bertz CT molecular complexity index is 344. The molecule has 5 heteroatoms. The maximum atomic E-state index is 12.9. The zero-order chi connectivity index (χ0) is 10.6. The molecule has 1 aromatic carbocycles. The van der Waals surface area contributed by atoms with Gasteiger partial charge in [0, 0.05) is 11.4 Å². The number of halogens is 2. The van der Waals surface area contributed by atoms with E-state index in [2.05, 4.69) is 15.9 Å². The Labute approximate surface area is 89.2 Å². The summed E-state index contributed by atoms with van der Waals surface area (Å²) in [6, 6.07) is 3.67. The summed E-state index contributed by atoms with van der Waals surface area (Å²) in [5.74, 6) is -0.552. The highest BCUT2D eigenvalue weighted by molar-refractivity contribution is 9.09. The largest absolute Gasteiger partial charge is 0.272 e. The number of non-ortho nitro benzene ring substituents is 1. The van der Waals surface area contributed by atoms with E-state index in [9.17, 15) is 14.5 Å². The number of nitro groups is 1. The number of hydrogen-bond acceptors (Lipinski definition) is 2. The van der Waals surface area contributed by atoms with Gasteiger partial charge >= 0.3 is 0 Å². The Hall–Kier alpha value is -0.970. The van der Waals surface area contributed by atoms with Gasteiger partial charge < -0.3 is 0 Å². The van der Waals surface area contributed by atoms with E-state index in [1.807, 2.05) is 0 Å². The third-order valence-corrected chi connectivity index (χ3v) is 2.31. The van der Waals surface area contributed by atoms with Crippen molar-refractivity contribution < 1.29 is 9.31 Å². The molecule has 0 saturated heterocycles. The molecule has 0 N–H and O–H groups in total. The predicted molar refractivity (Wildman–Crippen MR) is 55.2 cm³/mol. The summed E-state index contributed by atoms with van der Waals surface area (Å²) in [7, 11) is 0. The second-order valence-corrected chi connectivity index (χ2v) is 3.66.